The Balaban J connectivity index is 1.29. The molecule has 33 heavy (non-hydrogen) atoms. The quantitative estimate of drug-likeness (QED) is 0.480. The number of hydrogen-bond acceptors (Lipinski definition) is 2. The fourth-order valence-corrected chi connectivity index (χ4v) is 8.59. The molecule has 1 aromatic rings. The van der Waals surface area contributed by atoms with Crippen molar-refractivity contribution in [2.24, 2.45) is 17.8 Å². The van der Waals surface area contributed by atoms with Crippen LogP contribution < -0.4 is 5.32 Å². The molecule has 1 unspecified atom stereocenters. The van der Waals surface area contributed by atoms with Crippen LogP contribution in [0.2, 0.25) is 0 Å². The maximum atomic E-state index is 13.7. The first-order chi connectivity index (χ1) is 15.7. The third-order valence-corrected chi connectivity index (χ3v) is 9.88. The lowest BCUT2D eigenvalue weighted by Gasteiger charge is -2.57. The van der Waals surface area contributed by atoms with Gasteiger partial charge in [-0.1, -0.05) is 17.7 Å². The summed E-state index contributed by atoms with van der Waals surface area (Å²) in [7, 11) is 0. The van der Waals surface area contributed by atoms with Crippen LogP contribution in [0.25, 0.3) is 0 Å². The molecule has 1 aliphatic heterocycles. The van der Waals surface area contributed by atoms with E-state index >= 15 is 0 Å². The number of carbonyl (C=O) groups is 1. The van der Waals surface area contributed by atoms with Crippen LogP contribution in [0.1, 0.15) is 86.5 Å². The van der Waals surface area contributed by atoms with Crippen LogP contribution in [0.5, 0.6) is 0 Å². The Kier molecular flexibility index (Phi) is 5.99. The molecule has 0 spiro atoms. The van der Waals surface area contributed by atoms with E-state index < -0.39 is 5.54 Å². The van der Waals surface area contributed by atoms with Gasteiger partial charge < -0.3 is 15.3 Å². The van der Waals surface area contributed by atoms with Gasteiger partial charge in [-0.2, -0.15) is 0 Å². The van der Waals surface area contributed by atoms with Gasteiger partial charge in [0.1, 0.15) is 5.54 Å². The highest BCUT2D eigenvalue weighted by atomic mass is 32.1. The maximum absolute atomic E-state index is 13.7. The fraction of sp³-hybridized carbons (Fsp3) is 0.714. The molecular weight excluding hydrogens is 428 g/mol. The Morgan fingerprint density at radius 3 is 2.36 bits per heavy atom. The van der Waals surface area contributed by atoms with Gasteiger partial charge in [0.2, 0.25) is 0 Å². The molecule has 4 bridgehead atoms. The number of nitrogens with zero attached hydrogens (tertiary/aromatic N) is 1. The first-order valence-corrected chi connectivity index (χ1v) is 13.5. The van der Waals surface area contributed by atoms with Gasteiger partial charge in [-0.05, 0) is 138 Å². The summed E-state index contributed by atoms with van der Waals surface area (Å²) in [6.07, 6.45) is 11.8. The molecule has 180 valence electrons. The lowest BCUT2D eigenvalue weighted by atomic mass is 9.53. The number of carbonyl (C=O) groups excluding carboxylic acids is 1. The predicted octanol–water partition coefficient (Wildman–Crippen LogP) is 6.33. The van der Waals surface area contributed by atoms with Gasteiger partial charge in [-0.15, -0.1) is 0 Å². The van der Waals surface area contributed by atoms with Crippen LogP contribution in [-0.4, -0.2) is 38.7 Å². The van der Waals surface area contributed by atoms with Crippen molar-refractivity contribution in [3.05, 3.63) is 34.4 Å². The molecule has 5 heteroatoms. The molecule has 4 nitrogen and oxygen atoms in total. The Labute approximate surface area is 204 Å². The number of likely N-dealkylation sites (tertiary alicyclic amines) is 1. The van der Waals surface area contributed by atoms with Crippen molar-refractivity contribution in [2.75, 3.05) is 6.54 Å². The Bertz CT molecular complexity index is 922. The van der Waals surface area contributed by atoms with Gasteiger partial charge in [0, 0.05) is 12.1 Å². The summed E-state index contributed by atoms with van der Waals surface area (Å²) in [5, 5.41) is 14.2. The predicted molar refractivity (Wildman–Crippen MR) is 137 cm³/mol. The molecular formula is C28H40N2O2S. The number of urea groups is 1. The highest BCUT2D eigenvalue weighted by molar-refractivity contribution is 7.80. The van der Waals surface area contributed by atoms with E-state index in [0.29, 0.717) is 6.54 Å². The normalized spacial score (nSPS) is 34.6. The Morgan fingerprint density at radius 2 is 1.76 bits per heavy atom. The van der Waals surface area contributed by atoms with Crippen molar-refractivity contribution in [3.8, 4) is 0 Å². The third kappa shape index (κ3) is 4.19. The molecule has 1 heterocycles. The highest BCUT2D eigenvalue weighted by Gasteiger charge is 2.54. The summed E-state index contributed by atoms with van der Waals surface area (Å²) in [4.78, 5) is 15.6. The average Bonchev–Trinajstić information content (AvgIpc) is 3.15. The molecule has 4 saturated carbocycles. The lowest BCUT2D eigenvalue weighted by molar-refractivity contribution is -0.0165. The van der Waals surface area contributed by atoms with E-state index in [4.69, 9.17) is 12.2 Å². The van der Waals surface area contributed by atoms with E-state index in [1.165, 1.54) is 41.5 Å². The SMILES string of the molecule is Cc1cc(C)c(C)c(CCCC2(C(O)=S)CCCN2C(=O)NC23CC4CC(CC(C4)C2)C3)c1. The molecule has 1 atom stereocenters. The number of hydrogen-bond donors (Lipinski definition) is 2. The highest BCUT2D eigenvalue weighted by Crippen LogP contribution is 2.55. The summed E-state index contributed by atoms with van der Waals surface area (Å²) < 4.78 is 0. The van der Waals surface area contributed by atoms with E-state index in [1.54, 1.807) is 0 Å². The van der Waals surface area contributed by atoms with Crippen molar-refractivity contribution in [2.45, 2.75) is 102 Å². The minimum atomic E-state index is -0.700. The summed E-state index contributed by atoms with van der Waals surface area (Å²) in [6.45, 7) is 7.19. The van der Waals surface area contributed by atoms with E-state index in [0.717, 1.165) is 69.1 Å². The van der Waals surface area contributed by atoms with Crippen molar-refractivity contribution in [1.82, 2.24) is 10.2 Å². The zero-order chi connectivity index (χ0) is 23.4. The van der Waals surface area contributed by atoms with E-state index in [-0.39, 0.29) is 16.6 Å². The average molecular weight is 469 g/mol. The number of thiocarbonyl (C=S) groups is 1. The largest absolute Gasteiger partial charge is 0.500 e. The minimum absolute atomic E-state index is 0.00203. The number of nitrogens with one attached hydrogen (secondary N) is 1. The summed E-state index contributed by atoms with van der Waals surface area (Å²) in [5.74, 6) is 2.37. The second-order valence-corrected chi connectivity index (χ2v) is 12.3. The number of rotatable bonds is 6. The van der Waals surface area contributed by atoms with Crippen LogP contribution in [0.3, 0.4) is 0 Å². The van der Waals surface area contributed by atoms with E-state index in [1.807, 2.05) is 4.90 Å². The van der Waals surface area contributed by atoms with Crippen LogP contribution >= 0.6 is 12.2 Å². The van der Waals surface area contributed by atoms with Gasteiger partial charge in [-0.3, -0.25) is 0 Å². The fourth-order valence-electron chi connectivity index (χ4n) is 8.28. The molecule has 1 aromatic carbocycles. The van der Waals surface area contributed by atoms with Crippen LogP contribution in [0.15, 0.2) is 12.1 Å². The zero-order valence-electron chi connectivity index (χ0n) is 20.6. The van der Waals surface area contributed by atoms with Gasteiger partial charge in [0.05, 0.1) is 0 Å². The molecule has 5 aliphatic rings. The molecule has 2 amide bonds. The third-order valence-electron chi connectivity index (χ3n) is 9.50. The van der Waals surface area contributed by atoms with Crippen molar-refractivity contribution in [1.29, 1.82) is 0 Å². The van der Waals surface area contributed by atoms with E-state index in [2.05, 4.69) is 38.2 Å². The summed E-state index contributed by atoms with van der Waals surface area (Å²) >= 11 is 5.41. The lowest BCUT2D eigenvalue weighted by Crippen LogP contribution is -2.64. The topological polar surface area (TPSA) is 52.6 Å². The summed E-state index contributed by atoms with van der Waals surface area (Å²) in [6, 6.07) is 4.52. The zero-order valence-corrected chi connectivity index (χ0v) is 21.4. The molecule has 1 saturated heterocycles. The van der Waals surface area contributed by atoms with Gasteiger partial charge in [0.15, 0.2) is 5.05 Å². The minimum Gasteiger partial charge on any atom is -0.500 e. The van der Waals surface area contributed by atoms with Gasteiger partial charge in [0.25, 0.3) is 0 Å². The molecule has 0 radical (unpaired) electrons. The van der Waals surface area contributed by atoms with Crippen LogP contribution in [0, 0.1) is 38.5 Å². The Hall–Kier alpha value is -1.62. The second-order valence-electron chi connectivity index (χ2n) is 11.9. The monoisotopic (exact) mass is 468 g/mol. The van der Waals surface area contributed by atoms with Crippen molar-refractivity contribution < 1.29 is 9.90 Å². The standard InChI is InChI=1S/C28H40N2O2S/c1-18-10-19(2)20(3)24(11-18)6-4-7-28(25(31)33)8-5-9-30(28)26(32)29-27-15-21-12-22(16-27)14-23(13-21)17-27/h10-11,21-23H,4-9,12-17H2,1-3H3,(H,29,32)(H,31,33). The van der Waals surface area contributed by atoms with Crippen molar-refractivity contribution >= 4 is 23.3 Å². The Morgan fingerprint density at radius 1 is 1.12 bits per heavy atom. The maximum Gasteiger partial charge on any atom is 0.318 e. The molecule has 5 fully saturated rings. The smallest absolute Gasteiger partial charge is 0.318 e. The first-order valence-electron chi connectivity index (χ1n) is 13.1. The van der Waals surface area contributed by atoms with Crippen LogP contribution in [0.4, 0.5) is 4.79 Å². The summed E-state index contributed by atoms with van der Waals surface area (Å²) in [5.41, 5.74) is 4.62. The van der Waals surface area contributed by atoms with Gasteiger partial charge in [-0.25, -0.2) is 4.79 Å². The molecule has 6 rings (SSSR count). The number of aryl methyl sites for hydroxylation is 3. The molecule has 0 aromatic heterocycles. The van der Waals surface area contributed by atoms with Crippen molar-refractivity contribution in [3.63, 3.8) is 0 Å². The number of aliphatic hydroxyl groups is 1. The second kappa shape index (κ2) is 8.55. The van der Waals surface area contributed by atoms with E-state index in [9.17, 15) is 9.90 Å². The van der Waals surface area contributed by atoms with Crippen LogP contribution in [-0.2, 0) is 6.42 Å². The first kappa shape index (κ1) is 23.1. The van der Waals surface area contributed by atoms with Gasteiger partial charge >= 0.3 is 6.03 Å². The number of benzene rings is 1. The number of aliphatic hydroxyl groups excluding tert-OH is 1. The molecule has 2 N–H and O–H groups in total. The molecule has 4 aliphatic carbocycles. The number of amides is 2.